The molecule has 11 aromatic rings. The van der Waals surface area contributed by atoms with Crippen LogP contribution in [0, 0.1) is 0 Å². The van der Waals surface area contributed by atoms with E-state index >= 15 is 4.57 Å². The zero-order valence-corrected chi connectivity index (χ0v) is 32.6. The highest BCUT2D eigenvalue weighted by atomic mass is 31.2. The number of benzene rings is 9. The van der Waals surface area contributed by atoms with Crippen molar-refractivity contribution in [3.63, 3.8) is 0 Å². The Bertz CT molecular complexity index is 3720. The van der Waals surface area contributed by atoms with Crippen LogP contribution in [-0.4, -0.2) is 4.57 Å². The van der Waals surface area contributed by atoms with Crippen LogP contribution in [0.2, 0.25) is 0 Å². The topological polar surface area (TPSA) is 35.1 Å². The van der Waals surface area contributed by atoms with Crippen LogP contribution >= 0.6 is 7.14 Å². The fourth-order valence-electron chi connectivity index (χ4n) is 11.3. The van der Waals surface area contributed by atoms with Gasteiger partial charge in [0.25, 0.3) is 0 Å². The molecule has 0 N–H and O–H groups in total. The number of fused-ring (bicyclic) bond motifs is 18. The monoisotopic (exact) mass is 769 g/mol. The van der Waals surface area contributed by atoms with E-state index in [0.717, 1.165) is 65.7 Å². The number of aromatic nitrogens is 1. The van der Waals surface area contributed by atoms with E-state index in [9.17, 15) is 0 Å². The second kappa shape index (κ2) is 11.0. The van der Waals surface area contributed by atoms with Crippen molar-refractivity contribution in [2.75, 3.05) is 0 Å². The second-order valence-electron chi connectivity index (χ2n) is 16.2. The molecule has 9 aromatic carbocycles. The maximum atomic E-state index is 16.1. The summed E-state index contributed by atoms with van der Waals surface area (Å²) in [6, 6.07) is 69.7. The molecule has 2 atom stereocenters. The fraction of sp³-hybridized carbons (Fsp3) is 0.0182. The highest BCUT2D eigenvalue weighted by Crippen LogP contribution is 2.64. The van der Waals surface area contributed by atoms with Crippen molar-refractivity contribution < 1.29 is 8.98 Å². The Kier molecular flexibility index (Phi) is 5.96. The number of para-hydroxylation sites is 4. The van der Waals surface area contributed by atoms with E-state index in [1.54, 1.807) is 0 Å². The average molecular weight is 770 g/mol. The molecular weight excluding hydrogens is 738 g/mol. The lowest BCUT2D eigenvalue weighted by molar-refractivity contribution is 0.593. The van der Waals surface area contributed by atoms with Gasteiger partial charge in [-0.05, 0) is 98.1 Å². The largest absolute Gasteiger partial charge is 0.456 e. The Balaban J connectivity index is 1.17. The summed E-state index contributed by atoms with van der Waals surface area (Å²) in [5.74, 6) is 0. The lowest BCUT2D eigenvalue weighted by Gasteiger charge is -2.39. The Labute approximate surface area is 339 Å². The zero-order chi connectivity index (χ0) is 38.6. The fourth-order valence-corrected chi connectivity index (χ4v) is 14.4. The van der Waals surface area contributed by atoms with Crippen LogP contribution in [0.15, 0.2) is 199 Å². The molecule has 59 heavy (non-hydrogen) atoms. The van der Waals surface area contributed by atoms with Gasteiger partial charge in [-0.3, -0.25) is 0 Å². The number of hydrogen-bond acceptors (Lipinski definition) is 2. The third-order valence-corrected chi connectivity index (χ3v) is 16.7. The predicted molar refractivity (Wildman–Crippen MR) is 243 cm³/mol. The molecule has 14 rings (SSSR count). The maximum absolute atomic E-state index is 16.1. The quantitative estimate of drug-likeness (QED) is 0.164. The molecule has 4 heterocycles. The molecule has 2 aliphatic heterocycles. The highest BCUT2D eigenvalue weighted by Gasteiger charge is 2.53. The van der Waals surface area contributed by atoms with Gasteiger partial charge in [0, 0.05) is 37.5 Å². The van der Waals surface area contributed by atoms with E-state index < -0.39 is 12.6 Å². The molecule has 1 aliphatic carbocycles. The maximum Gasteiger partial charge on any atom is 0.172 e. The molecule has 0 bridgehead atoms. The van der Waals surface area contributed by atoms with E-state index in [2.05, 4.69) is 150 Å². The van der Waals surface area contributed by atoms with Crippen molar-refractivity contribution in [2.45, 2.75) is 5.41 Å². The van der Waals surface area contributed by atoms with E-state index in [-0.39, 0.29) is 0 Å². The molecule has 0 saturated carbocycles. The average Bonchev–Trinajstić information content (AvgIpc) is 4.00. The first kappa shape index (κ1) is 31.8. The van der Waals surface area contributed by atoms with Crippen molar-refractivity contribution in [1.29, 1.82) is 0 Å². The van der Waals surface area contributed by atoms with Gasteiger partial charge in [0.1, 0.15) is 11.2 Å². The molecule has 274 valence electrons. The molecule has 2 aromatic heterocycles. The van der Waals surface area contributed by atoms with Crippen LogP contribution in [-0.2, 0) is 9.98 Å². The minimum atomic E-state index is -3.24. The normalized spacial score (nSPS) is 18.0. The SMILES string of the molecule is O=[P@@]1(c2ccccc2)c2ccccc2-c2cc3c(cc21)-c1c(-c2ccc4oc5ccccc5c4c2)cccc1C31c2ccccc2-n2c3ccccc3c3cccc1c32. The first-order chi connectivity index (χ1) is 29.2. The van der Waals surface area contributed by atoms with E-state index in [1.807, 2.05) is 48.5 Å². The van der Waals surface area contributed by atoms with E-state index in [1.165, 1.54) is 55.3 Å². The summed E-state index contributed by atoms with van der Waals surface area (Å²) in [6.07, 6.45) is 0. The molecule has 0 radical (unpaired) electrons. The van der Waals surface area contributed by atoms with Crippen LogP contribution in [0.5, 0.6) is 0 Å². The van der Waals surface area contributed by atoms with Crippen molar-refractivity contribution >= 4 is 66.8 Å². The number of hydrogen-bond donors (Lipinski definition) is 0. The number of rotatable bonds is 2. The van der Waals surface area contributed by atoms with Gasteiger partial charge in [0.05, 0.1) is 22.1 Å². The van der Waals surface area contributed by atoms with Gasteiger partial charge >= 0.3 is 0 Å². The van der Waals surface area contributed by atoms with Crippen LogP contribution < -0.4 is 15.9 Å². The van der Waals surface area contributed by atoms with Crippen molar-refractivity contribution in [1.82, 2.24) is 4.57 Å². The summed E-state index contributed by atoms with van der Waals surface area (Å²) in [7, 11) is -3.24. The Morgan fingerprint density at radius 3 is 2.07 bits per heavy atom. The van der Waals surface area contributed by atoms with Crippen molar-refractivity contribution in [3.8, 4) is 39.1 Å². The molecule has 3 aliphatic rings. The van der Waals surface area contributed by atoms with Crippen molar-refractivity contribution in [2.24, 2.45) is 0 Å². The minimum absolute atomic E-state index is 0.670. The third kappa shape index (κ3) is 3.74. The van der Waals surface area contributed by atoms with Crippen LogP contribution in [0.3, 0.4) is 0 Å². The van der Waals surface area contributed by atoms with E-state index in [4.69, 9.17) is 4.42 Å². The Hall–Kier alpha value is -7.19. The summed E-state index contributed by atoms with van der Waals surface area (Å²) in [4.78, 5) is 0. The van der Waals surface area contributed by atoms with Gasteiger partial charge in [0.2, 0.25) is 0 Å². The lowest BCUT2D eigenvalue weighted by Crippen LogP contribution is -2.33. The second-order valence-corrected chi connectivity index (χ2v) is 18.9. The molecule has 4 heteroatoms. The first-order valence-electron chi connectivity index (χ1n) is 20.3. The highest BCUT2D eigenvalue weighted by molar-refractivity contribution is 7.86. The van der Waals surface area contributed by atoms with Gasteiger partial charge in [-0.25, -0.2) is 0 Å². The molecule has 1 unspecified atom stereocenters. The molecule has 0 amide bonds. The molecule has 0 fully saturated rings. The minimum Gasteiger partial charge on any atom is -0.456 e. The summed E-state index contributed by atoms with van der Waals surface area (Å²) in [5, 5.41) is 7.38. The van der Waals surface area contributed by atoms with Crippen LogP contribution in [0.4, 0.5) is 0 Å². The number of furan rings is 1. The standard InChI is InChI=1S/C55H32NO2P/c57-59(34-14-2-1-3-15-34)51-27-11-6-18-38(51)41-31-46-42(32-52(41)59)53-35(33-28-29-50-40(30-33)37-17-5-10-26-49(37)58-50)19-12-22-44(53)55(46)43-21-7-9-25-48(43)56-47-24-8-4-16-36(47)39-20-13-23-45(55)54(39)56/h1-32H/t55?,59-/m0/s1. The molecular formula is C55H32NO2P. The predicted octanol–water partition coefficient (Wildman–Crippen LogP) is 12.6. The van der Waals surface area contributed by atoms with Gasteiger partial charge in [-0.2, -0.15) is 0 Å². The first-order valence-corrected chi connectivity index (χ1v) is 22.0. The van der Waals surface area contributed by atoms with Crippen molar-refractivity contribution in [3.05, 3.63) is 216 Å². The summed E-state index contributed by atoms with van der Waals surface area (Å²) < 4.78 is 25.0. The van der Waals surface area contributed by atoms with E-state index in [0.29, 0.717) is 0 Å². The molecule has 0 saturated heterocycles. The molecule has 1 spiro atoms. The van der Waals surface area contributed by atoms with Crippen LogP contribution in [0.1, 0.15) is 22.3 Å². The van der Waals surface area contributed by atoms with Gasteiger partial charge < -0.3 is 13.5 Å². The third-order valence-electron chi connectivity index (χ3n) is 13.6. The number of nitrogens with zero attached hydrogens (tertiary/aromatic N) is 1. The summed E-state index contributed by atoms with van der Waals surface area (Å²) in [6.45, 7) is 0. The zero-order valence-electron chi connectivity index (χ0n) is 31.7. The smallest absolute Gasteiger partial charge is 0.172 e. The Morgan fingerprint density at radius 1 is 0.441 bits per heavy atom. The van der Waals surface area contributed by atoms with Crippen LogP contribution in [0.25, 0.3) is 82.8 Å². The Morgan fingerprint density at radius 2 is 1.14 bits per heavy atom. The molecule has 3 nitrogen and oxygen atoms in total. The van der Waals surface area contributed by atoms with Gasteiger partial charge in [0.15, 0.2) is 7.14 Å². The lowest BCUT2D eigenvalue weighted by atomic mass is 9.65. The van der Waals surface area contributed by atoms with Gasteiger partial charge in [-0.1, -0.05) is 152 Å². The summed E-state index contributed by atoms with van der Waals surface area (Å²) in [5.41, 5.74) is 16.4. The summed E-state index contributed by atoms with van der Waals surface area (Å²) >= 11 is 0. The van der Waals surface area contributed by atoms with Gasteiger partial charge in [-0.15, -0.1) is 0 Å².